The van der Waals surface area contributed by atoms with Gasteiger partial charge in [0.05, 0.1) is 12.2 Å². The van der Waals surface area contributed by atoms with Crippen molar-refractivity contribution in [2.24, 2.45) is 0 Å². The monoisotopic (exact) mass is 447 g/mol. The molecule has 0 amide bonds. The number of carbonyl (C=O) groups is 1. The van der Waals surface area contributed by atoms with Crippen LogP contribution in [0, 0.1) is 6.92 Å². The van der Waals surface area contributed by atoms with Gasteiger partial charge < -0.3 is 19.5 Å². The van der Waals surface area contributed by atoms with Gasteiger partial charge >= 0.3 is 5.97 Å². The summed E-state index contributed by atoms with van der Waals surface area (Å²) >= 11 is 0. The molecule has 1 aromatic heterocycles. The van der Waals surface area contributed by atoms with E-state index in [1.54, 1.807) is 0 Å². The van der Waals surface area contributed by atoms with Crippen LogP contribution in [0.5, 0.6) is 11.5 Å². The van der Waals surface area contributed by atoms with Crippen molar-refractivity contribution in [1.29, 1.82) is 0 Å². The molecule has 1 aliphatic rings. The fourth-order valence-corrected chi connectivity index (χ4v) is 3.94. The van der Waals surface area contributed by atoms with Crippen molar-refractivity contribution in [3.05, 3.63) is 76.6 Å². The minimum atomic E-state index is -1.07. The summed E-state index contributed by atoms with van der Waals surface area (Å²) in [4.78, 5) is 22.3. The van der Waals surface area contributed by atoms with Crippen LogP contribution in [0.4, 0.5) is 5.95 Å². The van der Waals surface area contributed by atoms with Gasteiger partial charge in [-0.1, -0.05) is 24.3 Å². The number of anilines is 1. The maximum Gasteiger partial charge on any atom is 0.339 e. The number of aromatic nitrogens is 2. The zero-order valence-corrected chi connectivity index (χ0v) is 19.1. The van der Waals surface area contributed by atoms with Crippen LogP contribution in [0.25, 0.3) is 0 Å². The van der Waals surface area contributed by atoms with Gasteiger partial charge in [-0.3, -0.25) is 0 Å². The molecule has 0 unspecified atom stereocenters. The Morgan fingerprint density at radius 2 is 1.88 bits per heavy atom. The Bertz CT molecular complexity index is 1130. The van der Waals surface area contributed by atoms with E-state index >= 15 is 0 Å². The average molecular weight is 448 g/mol. The zero-order chi connectivity index (χ0) is 23.2. The molecule has 0 fully saturated rings. The number of hydrogen-bond donors (Lipinski definition) is 1. The molecule has 1 aliphatic carbocycles. The molecule has 33 heavy (non-hydrogen) atoms. The Labute approximate surface area is 194 Å². The van der Waals surface area contributed by atoms with Gasteiger partial charge in [0.25, 0.3) is 0 Å². The molecule has 0 aliphatic heterocycles. The van der Waals surface area contributed by atoms with Crippen LogP contribution in [-0.2, 0) is 19.4 Å². The molecule has 0 atom stereocenters. The van der Waals surface area contributed by atoms with E-state index in [2.05, 4.69) is 22.1 Å². The Kier molecular flexibility index (Phi) is 7.07. The molecule has 7 nitrogen and oxygen atoms in total. The van der Waals surface area contributed by atoms with Gasteiger partial charge in [-0.05, 0) is 67.5 Å². The first-order valence-corrected chi connectivity index (χ1v) is 11.2. The molecule has 1 heterocycles. The Hall–Kier alpha value is -3.61. The van der Waals surface area contributed by atoms with Gasteiger partial charge in [0.15, 0.2) is 0 Å². The molecule has 3 aromatic rings. The second-order valence-corrected chi connectivity index (χ2v) is 8.30. The van der Waals surface area contributed by atoms with Crippen LogP contribution in [0.2, 0.25) is 0 Å². The van der Waals surface area contributed by atoms with Gasteiger partial charge in [0.1, 0.15) is 30.3 Å². The first-order chi connectivity index (χ1) is 16.0. The molecule has 0 bridgehead atoms. The first kappa shape index (κ1) is 22.6. The van der Waals surface area contributed by atoms with E-state index in [9.17, 15) is 9.90 Å². The summed E-state index contributed by atoms with van der Waals surface area (Å²) in [6, 6.07) is 14.0. The number of hydrogen-bond acceptors (Lipinski definition) is 6. The fraction of sp³-hybridized carbons (Fsp3) is 0.346. The summed E-state index contributed by atoms with van der Waals surface area (Å²) in [6.45, 7) is 3.06. The maximum atomic E-state index is 11.7. The molecule has 1 N–H and O–H groups in total. The van der Waals surface area contributed by atoms with Gasteiger partial charge in [-0.2, -0.15) is 0 Å². The maximum absolute atomic E-state index is 11.7. The van der Waals surface area contributed by atoms with Crippen LogP contribution in [0.1, 0.15) is 45.6 Å². The Morgan fingerprint density at radius 1 is 1.09 bits per heavy atom. The predicted octanol–water partition coefficient (Wildman–Crippen LogP) is 4.46. The number of para-hydroxylation sites is 1. The van der Waals surface area contributed by atoms with Crippen molar-refractivity contribution in [3.8, 4) is 11.5 Å². The summed E-state index contributed by atoms with van der Waals surface area (Å²) in [7, 11) is 1.85. The quantitative estimate of drug-likeness (QED) is 0.518. The van der Waals surface area contributed by atoms with Crippen molar-refractivity contribution in [2.45, 2.75) is 39.2 Å². The normalized spacial score (nSPS) is 12.7. The third kappa shape index (κ3) is 5.61. The highest BCUT2D eigenvalue weighted by molar-refractivity contribution is 5.88. The lowest BCUT2D eigenvalue weighted by Crippen LogP contribution is -2.26. The molecule has 0 saturated carbocycles. The van der Waals surface area contributed by atoms with Gasteiger partial charge in [-0.15, -0.1) is 0 Å². The average Bonchev–Trinajstić information content (AvgIpc) is 2.83. The number of benzene rings is 2. The summed E-state index contributed by atoms with van der Waals surface area (Å²) in [5.41, 5.74) is 4.15. The highest BCUT2D eigenvalue weighted by atomic mass is 16.5. The smallest absolute Gasteiger partial charge is 0.339 e. The van der Waals surface area contributed by atoms with E-state index in [1.807, 2.05) is 49.2 Å². The summed E-state index contributed by atoms with van der Waals surface area (Å²) < 4.78 is 11.8. The van der Waals surface area contributed by atoms with Crippen LogP contribution < -0.4 is 14.4 Å². The van der Waals surface area contributed by atoms with E-state index in [0.29, 0.717) is 24.8 Å². The van der Waals surface area contributed by atoms with Gasteiger partial charge in [0, 0.05) is 13.2 Å². The fourth-order valence-electron chi connectivity index (χ4n) is 3.94. The zero-order valence-electron chi connectivity index (χ0n) is 19.1. The van der Waals surface area contributed by atoms with Crippen molar-refractivity contribution in [2.75, 3.05) is 25.1 Å². The Morgan fingerprint density at radius 3 is 2.67 bits per heavy atom. The number of likely N-dealkylation sites (N-methyl/N-ethyl adjacent to an activating group) is 1. The molecule has 7 heteroatoms. The molecule has 4 rings (SSSR count). The minimum absolute atomic E-state index is 0.0428. The third-order valence-electron chi connectivity index (χ3n) is 5.90. The van der Waals surface area contributed by atoms with Crippen LogP contribution >= 0.6 is 0 Å². The summed E-state index contributed by atoms with van der Waals surface area (Å²) in [5, 5.41) is 9.57. The largest absolute Gasteiger partial charge is 0.491 e. The van der Waals surface area contributed by atoms with Crippen molar-refractivity contribution in [1.82, 2.24) is 9.97 Å². The minimum Gasteiger partial charge on any atom is -0.491 e. The summed E-state index contributed by atoms with van der Waals surface area (Å²) in [5.74, 6) is 0.924. The van der Waals surface area contributed by atoms with E-state index in [4.69, 9.17) is 9.47 Å². The highest BCUT2D eigenvalue weighted by Gasteiger charge is 2.17. The van der Waals surface area contributed by atoms with Crippen molar-refractivity contribution >= 4 is 11.9 Å². The number of aryl methyl sites for hydroxylation is 3. The number of nitrogens with zero attached hydrogens (tertiary/aromatic N) is 3. The lowest BCUT2D eigenvalue weighted by molar-refractivity contribution is 0.0692. The lowest BCUT2D eigenvalue weighted by Gasteiger charge is -2.19. The number of ether oxygens (including phenoxy) is 2. The molecule has 0 radical (unpaired) electrons. The number of rotatable bonds is 9. The topological polar surface area (TPSA) is 84.8 Å². The number of aromatic carboxylic acids is 1. The molecular formula is C26H29N3O4. The number of carboxylic acid groups (broad SMARTS) is 1. The van der Waals surface area contributed by atoms with E-state index in [-0.39, 0.29) is 12.2 Å². The van der Waals surface area contributed by atoms with Gasteiger partial charge in [0.2, 0.25) is 5.95 Å². The van der Waals surface area contributed by atoms with Crippen LogP contribution in [0.3, 0.4) is 0 Å². The molecule has 172 valence electrons. The predicted molar refractivity (Wildman–Crippen MR) is 126 cm³/mol. The first-order valence-electron chi connectivity index (χ1n) is 11.2. The van der Waals surface area contributed by atoms with E-state index < -0.39 is 5.97 Å². The second-order valence-electron chi connectivity index (χ2n) is 8.30. The van der Waals surface area contributed by atoms with E-state index in [0.717, 1.165) is 29.9 Å². The van der Waals surface area contributed by atoms with Crippen molar-refractivity contribution < 1.29 is 19.4 Å². The number of carboxylic acids is 1. The molecule has 0 spiro atoms. The number of fused-ring (bicyclic) bond motifs is 1. The molecular weight excluding hydrogens is 418 g/mol. The summed E-state index contributed by atoms with van der Waals surface area (Å²) in [6.07, 6.45) is 5.92. The van der Waals surface area contributed by atoms with Gasteiger partial charge in [-0.25, -0.2) is 14.8 Å². The molecule has 2 aromatic carbocycles. The van der Waals surface area contributed by atoms with Crippen molar-refractivity contribution in [3.63, 3.8) is 0 Å². The standard InChI is InChI=1S/C26H29N3O4/c1-18-7-3-6-10-24(18)32-14-13-29(2)26-27-16-22(25(30)31)23(28-26)17-33-21-12-11-19-8-4-5-9-20(19)15-21/h3,6-7,10-12,15-16H,4-5,8-9,13-14,17H2,1-2H3,(H,30,31). The lowest BCUT2D eigenvalue weighted by atomic mass is 9.92. The van der Waals surface area contributed by atoms with E-state index in [1.165, 1.54) is 30.2 Å². The molecule has 0 saturated heterocycles. The third-order valence-corrected chi connectivity index (χ3v) is 5.90. The Balaban J connectivity index is 1.42. The van der Waals surface area contributed by atoms with Crippen LogP contribution in [-0.4, -0.2) is 41.2 Å². The second kappa shape index (κ2) is 10.3. The van der Waals surface area contributed by atoms with Crippen LogP contribution in [0.15, 0.2) is 48.7 Å². The highest BCUT2D eigenvalue weighted by Crippen LogP contribution is 2.26. The SMILES string of the molecule is Cc1ccccc1OCCN(C)c1ncc(C(=O)O)c(COc2ccc3c(c2)CCCC3)n1.